The first-order valence-corrected chi connectivity index (χ1v) is 6.16. The number of hydrogen-bond donors (Lipinski definition) is 0. The lowest BCUT2D eigenvalue weighted by atomic mass is 10.2. The van der Waals surface area contributed by atoms with Crippen LogP contribution in [0.4, 0.5) is 5.82 Å². The zero-order chi connectivity index (χ0) is 13.0. The van der Waals surface area contributed by atoms with Gasteiger partial charge in [-0.3, -0.25) is 0 Å². The van der Waals surface area contributed by atoms with Crippen LogP contribution in [0.3, 0.4) is 0 Å². The third-order valence-corrected chi connectivity index (χ3v) is 3.28. The first-order valence-electron chi connectivity index (χ1n) is 5.37. The molecule has 0 amide bonds. The summed E-state index contributed by atoms with van der Waals surface area (Å²) in [6, 6.07) is 9.99. The first kappa shape index (κ1) is 12.5. The Morgan fingerprint density at radius 3 is 2.67 bits per heavy atom. The van der Waals surface area contributed by atoms with E-state index in [1.165, 1.54) is 11.8 Å². The van der Waals surface area contributed by atoms with Gasteiger partial charge in [0.2, 0.25) is 0 Å². The average Bonchev–Trinajstić information content (AvgIpc) is 2.41. The molecule has 18 heavy (non-hydrogen) atoms. The van der Waals surface area contributed by atoms with Crippen LogP contribution in [0.5, 0.6) is 0 Å². The maximum Gasteiger partial charge on any atom is 0.158 e. The lowest BCUT2D eigenvalue weighted by Gasteiger charge is -2.18. The average molecular weight is 303 g/mol. The Bertz CT molecular complexity index is 574. The van der Waals surface area contributed by atoms with Crippen molar-refractivity contribution in [2.45, 2.75) is 6.54 Å². The zero-order valence-electron chi connectivity index (χ0n) is 9.84. The van der Waals surface area contributed by atoms with Crippen molar-refractivity contribution < 1.29 is 0 Å². The molecule has 0 aliphatic carbocycles. The van der Waals surface area contributed by atoms with E-state index in [9.17, 15) is 0 Å². The lowest BCUT2D eigenvalue weighted by Crippen LogP contribution is -2.18. The molecule has 1 aromatic heterocycles. The summed E-state index contributed by atoms with van der Waals surface area (Å²) in [5.41, 5.74) is 1.50. The number of rotatable bonds is 3. The summed E-state index contributed by atoms with van der Waals surface area (Å²) in [5, 5.41) is 8.67. The molecule has 4 nitrogen and oxygen atoms in total. The Hall–Kier alpha value is -1.93. The minimum atomic E-state index is 0.327. The second-order valence-corrected chi connectivity index (χ2v) is 4.67. The van der Waals surface area contributed by atoms with Crippen LogP contribution in [0, 0.1) is 11.3 Å². The summed E-state index contributed by atoms with van der Waals surface area (Å²) in [4.78, 5) is 10.2. The van der Waals surface area contributed by atoms with Gasteiger partial charge in [-0.25, -0.2) is 9.97 Å². The molecule has 0 unspecified atom stereocenters. The number of halogens is 1. The Kier molecular flexibility index (Phi) is 3.90. The fourth-order valence-corrected chi connectivity index (χ4v) is 1.95. The standard InChI is InChI=1S/C13H11BrN4/c1-18(9-10-4-2-3-5-12(10)14)13-8-16-11(6-15)7-17-13/h2-5,7-8H,9H2,1H3. The van der Waals surface area contributed by atoms with Gasteiger partial charge in [-0.05, 0) is 11.6 Å². The molecule has 0 spiro atoms. The summed E-state index contributed by atoms with van der Waals surface area (Å²) in [5.74, 6) is 0.741. The highest BCUT2D eigenvalue weighted by Gasteiger charge is 2.06. The maximum absolute atomic E-state index is 8.67. The molecule has 90 valence electrons. The van der Waals surface area contributed by atoms with E-state index in [2.05, 4.69) is 32.0 Å². The molecule has 2 rings (SSSR count). The lowest BCUT2D eigenvalue weighted by molar-refractivity contribution is 0.885. The van der Waals surface area contributed by atoms with Gasteiger partial charge in [-0.1, -0.05) is 34.1 Å². The SMILES string of the molecule is CN(Cc1ccccc1Br)c1cnc(C#N)cn1. The minimum Gasteiger partial charge on any atom is -0.354 e. The zero-order valence-corrected chi connectivity index (χ0v) is 11.4. The van der Waals surface area contributed by atoms with Gasteiger partial charge >= 0.3 is 0 Å². The normalized spacial score (nSPS) is 9.83. The molecule has 0 aliphatic rings. The third kappa shape index (κ3) is 2.84. The molecule has 0 aliphatic heterocycles. The highest BCUT2D eigenvalue weighted by atomic mass is 79.9. The van der Waals surface area contributed by atoms with Gasteiger partial charge < -0.3 is 4.90 Å². The summed E-state index contributed by atoms with van der Waals surface area (Å²) >= 11 is 3.51. The quantitative estimate of drug-likeness (QED) is 0.875. The van der Waals surface area contributed by atoms with Crippen LogP contribution in [0.25, 0.3) is 0 Å². The van der Waals surface area contributed by atoms with Gasteiger partial charge in [0.1, 0.15) is 11.9 Å². The van der Waals surface area contributed by atoms with E-state index in [0.717, 1.165) is 16.8 Å². The van der Waals surface area contributed by atoms with E-state index < -0.39 is 0 Å². The summed E-state index contributed by atoms with van der Waals surface area (Å²) in [7, 11) is 1.94. The van der Waals surface area contributed by atoms with Crippen molar-refractivity contribution in [2.75, 3.05) is 11.9 Å². The molecule has 1 aromatic carbocycles. The maximum atomic E-state index is 8.67. The van der Waals surface area contributed by atoms with E-state index in [1.54, 1.807) is 6.20 Å². The van der Waals surface area contributed by atoms with Crippen molar-refractivity contribution in [1.29, 1.82) is 5.26 Å². The first-order chi connectivity index (χ1) is 8.70. The van der Waals surface area contributed by atoms with E-state index in [1.807, 2.05) is 36.2 Å². The van der Waals surface area contributed by atoms with Crippen LogP contribution in [-0.4, -0.2) is 17.0 Å². The Labute approximate surface area is 114 Å². The van der Waals surface area contributed by atoms with Crippen LogP contribution < -0.4 is 4.90 Å². The van der Waals surface area contributed by atoms with Crippen LogP contribution in [0.2, 0.25) is 0 Å². The fraction of sp³-hybridized carbons (Fsp3) is 0.154. The predicted octanol–water partition coefficient (Wildman–Crippen LogP) is 2.75. The fourth-order valence-electron chi connectivity index (χ4n) is 1.54. The summed E-state index contributed by atoms with van der Waals surface area (Å²) in [6.07, 6.45) is 3.08. The number of anilines is 1. The van der Waals surface area contributed by atoms with Gasteiger partial charge in [-0.15, -0.1) is 0 Å². The van der Waals surface area contributed by atoms with E-state index >= 15 is 0 Å². The minimum absolute atomic E-state index is 0.327. The molecule has 0 saturated carbocycles. The number of benzene rings is 1. The molecule has 5 heteroatoms. The molecular weight excluding hydrogens is 292 g/mol. The predicted molar refractivity (Wildman–Crippen MR) is 73.0 cm³/mol. The van der Waals surface area contributed by atoms with Crippen LogP contribution in [0.15, 0.2) is 41.1 Å². The largest absolute Gasteiger partial charge is 0.354 e. The van der Waals surface area contributed by atoms with Gasteiger partial charge in [0.05, 0.1) is 12.4 Å². The number of hydrogen-bond acceptors (Lipinski definition) is 4. The molecule has 0 atom stereocenters. The molecule has 0 bridgehead atoms. The molecule has 1 heterocycles. The Morgan fingerprint density at radius 1 is 1.28 bits per heavy atom. The molecule has 0 saturated heterocycles. The highest BCUT2D eigenvalue weighted by Crippen LogP contribution is 2.19. The molecule has 0 fully saturated rings. The van der Waals surface area contributed by atoms with Crippen LogP contribution >= 0.6 is 15.9 Å². The van der Waals surface area contributed by atoms with Crippen molar-refractivity contribution in [3.8, 4) is 6.07 Å². The van der Waals surface area contributed by atoms with Crippen molar-refractivity contribution in [3.05, 3.63) is 52.4 Å². The van der Waals surface area contributed by atoms with Gasteiger partial charge in [0.15, 0.2) is 5.69 Å². The van der Waals surface area contributed by atoms with E-state index in [4.69, 9.17) is 5.26 Å². The third-order valence-electron chi connectivity index (χ3n) is 2.51. The molecule has 0 radical (unpaired) electrons. The highest BCUT2D eigenvalue weighted by molar-refractivity contribution is 9.10. The van der Waals surface area contributed by atoms with E-state index in [0.29, 0.717) is 5.69 Å². The smallest absolute Gasteiger partial charge is 0.158 e. The summed E-state index contributed by atoms with van der Waals surface area (Å²) < 4.78 is 1.07. The van der Waals surface area contributed by atoms with Crippen molar-refractivity contribution >= 4 is 21.7 Å². The molecule has 2 aromatic rings. The van der Waals surface area contributed by atoms with Gasteiger partial charge in [-0.2, -0.15) is 5.26 Å². The van der Waals surface area contributed by atoms with Gasteiger partial charge in [0.25, 0.3) is 0 Å². The molecule has 0 N–H and O–H groups in total. The number of nitriles is 1. The van der Waals surface area contributed by atoms with Crippen molar-refractivity contribution in [1.82, 2.24) is 9.97 Å². The van der Waals surface area contributed by atoms with Crippen LogP contribution in [-0.2, 0) is 6.54 Å². The van der Waals surface area contributed by atoms with Crippen LogP contribution in [0.1, 0.15) is 11.3 Å². The van der Waals surface area contributed by atoms with Crippen molar-refractivity contribution in [3.63, 3.8) is 0 Å². The monoisotopic (exact) mass is 302 g/mol. The van der Waals surface area contributed by atoms with Gasteiger partial charge in [0, 0.05) is 18.1 Å². The second kappa shape index (κ2) is 5.61. The number of aromatic nitrogens is 2. The summed E-state index contributed by atoms with van der Waals surface area (Å²) in [6.45, 7) is 0.724. The van der Waals surface area contributed by atoms with E-state index in [-0.39, 0.29) is 0 Å². The van der Waals surface area contributed by atoms with Crippen molar-refractivity contribution in [2.24, 2.45) is 0 Å². The topological polar surface area (TPSA) is 52.8 Å². The Morgan fingerprint density at radius 2 is 2.06 bits per heavy atom. The molecular formula is C13H11BrN4. The second-order valence-electron chi connectivity index (χ2n) is 3.82. The Balaban J connectivity index is 2.15. The number of nitrogens with zero attached hydrogens (tertiary/aromatic N) is 4.